The molecule has 2 aromatic heterocycles. The summed E-state index contributed by atoms with van der Waals surface area (Å²) in [5.41, 5.74) is 1.20. The molecule has 2 fully saturated rings. The summed E-state index contributed by atoms with van der Waals surface area (Å²) in [5.74, 6) is 0.778. The summed E-state index contributed by atoms with van der Waals surface area (Å²) in [5, 5.41) is 2.79. The maximum Gasteiger partial charge on any atom is 0.254 e. The second kappa shape index (κ2) is 7.25. The third-order valence-corrected chi connectivity index (χ3v) is 4.87. The number of rotatable bonds is 4. The van der Waals surface area contributed by atoms with Crippen molar-refractivity contribution in [1.82, 2.24) is 19.9 Å². The van der Waals surface area contributed by atoms with E-state index in [1.807, 2.05) is 12.3 Å². The quantitative estimate of drug-likeness (QED) is 0.909. The monoisotopic (exact) mass is 339 g/mol. The van der Waals surface area contributed by atoms with Crippen molar-refractivity contribution in [2.45, 2.75) is 31.6 Å². The summed E-state index contributed by atoms with van der Waals surface area (Å²) < 4.78 is 6.05. The van der Waals surface area contributed by atoms with Gasteiger partial charge in [0, 0.05) is 37.9 Å². The Morgan fingerprint density at radius 1 is 1.28 bits per heavy atom. The highest BCUT2D eigenvalue weighted by Gasteiger charge is 2.41. The lowest BCUT2D eigenvalue weighted by Crippen LogP contribution is -2.41. The summed E-state index contributed by atoms with van der Waals surface area (Å²) in [7, 11) is 0. The van der Waals surface area contributed by atoms with Gasteiger partial charge >= 0.3 is 0 Å². The molecule has 0 radical (unpaired) electrons. The Hall–Kier alpha value is -2.38. The molecule has 4 rings (SSSR count). The fourth-order valence-electron chi connectivity index (χ4n) is 3.63. The van der Waals surface area contributed by atoms with Gasteiger partial charge in [-0.1, -0.05) is 6.07 Å². The highest BCUT2D eigenvalue weighted by Crippen LogP contribution is 2.34. The lowest BCUT2D eigenvalue weighted by Gasteiger charge is -2.33. The maximum atomic E-state index is 12.4. The van der Waals surface area contributed by atoms with Crippen molar-refractivity contribution in [1.29, 1.82) is 0 Å². The molecule has 0 saturated carbocycles. The number of ether oxygens (including phenoxy) is 1. The number of carbonyl (C=O) groups is 1. The Kier molecular flexibility index (Phi) is 4.67. The molecular formula is C18H21N5O2. The first kappa shape index (κ1) is 16.1. The number of nitrogens with one attached hydrogen (secondary N) is 1. The van der Waals surface area contributed by atoms with E-state index in [1.54, 1.807) is 18.6 Å². The number of amides is 1. The number of hydrogen-bond acceptors (Lipinski definition) is 6. The van der Waals surface area contributed by atoms with Gasteiger partial charge in [-0.15, -0.1) is 0 Å². The van der Waals surface area contributed by atoms with Crippen molar-refractivity contribution in [2.75, 3.05) is 18.4 Å². The number of fused-ring (bicyclic) bond motifs is 1. The van der Waals surface area contributed by atoms with Crippen molar-refractivity contribution in [3.05, 3.63) is 48.7 Å². The van der Waals surface area contributed by atoms with Gasteiger partial charge in [-0.05, 0) is 36.9 Å². The van der Waals surface area contributed by atoms with Crippen LogP contribution in [0.25, 0.3) is 0 Å². The first-order chi connectivity index (χ1) is 12.3. The van der Waals surface area contributed by atoms with Gasteiger partial charge in [0.25, 0.3) is 5.91 Å². The Balaban J connectivity index is 1.33. The predicted molar refractivity (Wildman–Crippen MR) is 91.6 cm³/mol. The molecule has 0 spiro atoms. The second-order valence-corrected chi connectivity index (χ2v) is 6.62. The van der Waals surface area contributed by atoms with Crippen LogP contribution in [0.15, 0.2) is 43.1 Å². The van der Waals surface area contributed by atoms with Crippen LogP contribution in [-0.4, -0.2) is 51.1 Å². The minimum absolute atomic E-state index is 0.114. The highest BCUT2D eigenvalue weighted by molar-refractivity contribution is 5.93. The van der Waals surface area contributed by atoms with Crippen molar-refractivity contribution in [3.63, 3.8) is 0 Å². The number of aromatic nitrogens is 3. The Morgan fingerprint density at radius 3 is 3.00 bits per heavy atom. The molecule has 2 saturated heterocycles. The molecule has 25 heavy (non-hydrogen) atoms. The third kappa shape index (κ3) is 3.83. The van der Waals surface area contributed by atoms with E-state index in [0.717, 1.165) is 32.5 Å². The molecule has 1 N–H and O–H groups in total. The molecule has 0 aromatic carbocycles. The Labute approximate surface area is 146 Å². The van der Waals surface area contributed by atoms with Gasteiger partial charge in [0.15, 0.2) is 5.82 Å². The molecule has 4 heterocycles. The summed E-state index contributed by atoms with van der Waals surface area (Å²) >= 11 is 0. The number of nitrogens with zero attached hydrogens (tertiary/aromatic N) is 4. The minimum atomic E-state index is -0.407. The van der Waals surface area contributed by atoms with Gasteiger partial charge in [-0.2, -0.15) is 0 Å². The molecule has 7 heteroatoms. The standard InChI is InChI=1S/C18H21N5O2/c24-18(22-17-10-20-5-6-21-17)15-8-14-3-7-23(12-16(14)25-15)11-13-2-1-4-19-9-13/h1-2,4-6,9-10,14-16H,3,7-8,11-12H2,(H,21,22,24)/t14-,15+,16+/m1/s1. The van der Waals surface area contributed by atoms with Crippen LogP contribution in [0.2, 0.25) is 0 Å². The third-order valence-electron chi connectivity index (χ3n) is 4.87. The number of pyridine rings is 1. The molecule has 7 nitrogen and oxygen atoms in total. The number of hydrogen-bond donors (Lipinski definition) is 1. The molecule has 0 aliphatic carbocycles. The van der Waals surface area contributed by atoms with Crippen LogP contribution >= 0.6 is 0 Å². The van der Waals surface area contributed by atoms with Crippen LogP contribution in [0.5, 0.6) is 0 Å². The maximum absolute atomic E-state index is 12.4. The smallest absolute Gasteiger partial charge is 0.254 e. The molecule has 2 aromatic rings. The molecule has 0 unspecified atom stereocenters. The van der Waals surface area contributed by atoms with Crippen molar-refractivity contribution < 1.29 is 9.53 Å². The van der Waals surface area contributed by atoms with E-state index >= 15 is 0 Å². The molecule has 2 aliphatic heterocycles. The van der Waals surface area contributed by atoms with Gasteiger partial charge in [0.05, 0.1) is 12.3 Å². The summed E-state index contributed by atoms with van der Waals surface area (Å²) in [6.45, 7) is 2.75. The van der Waals surface area contributed by atoms with E-state index in [9.17, 15) is 4.79 Å². The predicted octanol–water partition coefficient (Wildman–Crippen LogP) is 1.49. The van der Waals surface area contributed by atoms with Gasteiger partial charge in [0.1, 0.15) is 6.10 Å². The van der Waals surface area contributed by atoms with Crippen LogP contribution in [0, 0.1) is 5.92 Å². The second-order valence-electron chi connectivity index (χ2n) is 6.62. The normalized spacial score (nSPS) is 26.2. The number of piperidine rings is 1. The average molecular weight is 339 g/mol. The fraction of sp³-hybridized carbons (Fsp3) is 0.444. The van der Waals surface area contributed by atoms with E-state index in [2.05, 4.69) is 31.2 Å². The molecule has 3 atom stereocenters. The van der Waals surface area contributed by atoms with Crippen LogP contribution in [-0.2, 0) is 16.1 Å². The van der Waals surface area contributed by atoms with Gasteiger partial charge < -0.3 is 10.1 Å². The number of anilines is 1. The average Bonchev–Trinajstić information content (AvgIpc) is 3.07. The molecule has 130 valence electrons. The van der Waals surface area contributed by atoms with Gasteiger partial charge in [0.2, 0.25) is 0 Å². The lowest BCUT2D eigenvalue weighted by atomic mass is 9.91. The van der Waals surface area contributed by atoms with E-state index in [1.165, 1.54) is 11.8 Å². The van der Waals surface area contributed by atoms with Gasteiger partial charge in [-0.3, -0.25) is 19.7 Å². The summed E-state index contributed by atoms with van der Waals surface area (Å²) in [6, 6.07) is 4.05. The highest BCUT2D eigenvalue weighted by atomic mass is 16.5. The van der Waals surface area contributed by atoms with Crippen LogP contribution in [0.1, 0.15) is 18.4 Å². The van der Waals surface area contributed by atoms with E-state index < -0.39 is 6.10 Å². The molecule has 2 aliphatic rings. The first-order valence-electron chi connectivity index (χ1n) is 8.61. The minimum Gasteiger partial charge on any atom is -0.364 e. The van der Waals surface area contributed by atoms with Crippen LogP contribution < -0.4 is 5.32 Å². The van der Waals surface area contributed by atoms with Gasteiger partial charge in [-0.25, -0.2) is 4.98 Å². The van der Waals surface area contributed by atoms with Crippen molar-refractivity contribution >= 4 is 11.7 Å². The largest absolute Gasteiger partial charge is 0.364 e. The fourth-order valence-corrected chi connectivity index (χ4v) is 3.63. The molecule has 0 bridgehead atoms. The summed E-state index contributed by atoms with van der Waals surface area (Å²) in [6.07, 6.45) is 9.90. The van der Waals surface area contributed by atoms with Crippen LogP contribution in [0.4, 0.5) is 5.82 Å². The SMILES string of the molecule is O=C(Nc1cnccn1)[C@@H]1C[C@H]2CCN(Cc3cccnc3)C[C@@H]2O1. The lowest BCUT2D eigenvalue weighted by molar-refractivity contribution is -0.127. The topological polar surface area (TPSA) is 80.2 Å². The van der Waals surface area contributed by atoms with Crippen LogP contribution in [0.3, 0.4) is 0 Å². The first-order valence-corrected chi connectivity index (χ1v) is 8.61. The van der Waals surface area contributed by atoms with E-state index in [-0.39, 0.29) is 12.0 Å². The Bertz CT molecular complexity index is 712. The zero-order valence-electron chi connectivity index (χ0n) is 13.9. The molecule has 1 amide bonds. The van der Waals surface area contributed by atoms with E-state index in [0.29, 0.717) is 11.7 Å². The Morgan fingerprint density at radius 2 is 2.20 bits per heavy atom. The number of carbonyl (C=O) groups excluding carboxylic acids is 1. The zero-order chi connectivity index (χ0) is 17.1. The molecular weight excluding hydrogens is 318 g/mol. The van der Waals surface area contributed by atoms with Crippen molar-refractivity contribution in [3.8, 4) is 0 Å². The van der Waals surface area contributed by atoms with Crippen molar-refractivity contribution in [2.24, 2.45) is 5.92 Å². The number of likely N-dealkylation sites (tertiary alicyclic amines) is 1. The zero-order valence-corrected chi connectivity index (χ0v) is 13.9. The van der Waals surface area contributed by atoms with E-state index in [4.69, 9.17) is 4.74 Å². The summed E-state index contributed by atoms with van der Waals surface area (Å²) in [4.78, 5) is 27.0.